The second kappa shape index (κ2) is 7.12. The van der Waals surface area contributed by atoms with Crippen molar-refractivity contribution in [3.8, 4) is 5.88 Å². The molecule has 2 fully saturated rings. The Labute approximate surface area is 171 Å². The molecule has 0 radical (unpaired) electrons. The second-order valence-corrected chi connectivity index (χ2v) is 8.12. The van der Waals surface area contributed by atoms with Gasteiger partial charge in [0.2, 0.25) is 0 Å². The van der Waals surface area contributed by atoms with E-state index in [0.717, 1.165) is 19.3 Å². The van der Waals surface area contributed by atoms with Crippen LogP contribution in [0.2, 0.25) is 0 Å². The summed E-state index contributed by atoms with van der Waals surface area (Å²) in [5.74, 6) is 0.375. The summed E-state index contributed by atoms with van der Waals surface area (Å²) in [6.45, 7) is 1.11. The van der Waals surface area contributed by atoms with E-state index in [1.54, 1.807) is 15.5 Å². The molecular formula is C22H22N4O4. The summed E-state index contributed by atoms with van der Waals surface area (Å²) >= 11 is 0. The van der Waals surface area contributed by atoms with Crippen LogP contribution in [-0.4, -0.2) is 37.0 Å². The molecule has 30 heavy (non-hydrogen) atoms. The van der Waals surface area contributed by atoms with Crippen LogP contribution in [0, 0.1) is 5.92 Å². The Morgan fingerprint density at radius 3 is 2.73 bits per heavy atom. The first-order valence-electron chi connectivity index (χ1n) is 10.2. The highest BCUT2D eigenvalue weighted by Crippen LogP contribution is 2.35. The molecule has 1 saturated carbocycles. The Kier molecular flexibility index (Phi) is 4.42. The van der Waals surface area contributed by atoms with Crippen molar-refractivity contribution in [3.63, 3.8) is 0 Å². The lowest BCUT2D eigenvalue weighted by Gasteiger charge is -2.27. The van der Waals surface area contributed by atoms with Gasteiger partial charge in [0.1, 0.15) is 5.82 Å². The van der Waals surface area contributed by atoms with Crippen LogP contribution in [0.1, 0.15) is 47.9 Å². The van der Waals surface area contributed by atoms with E-state index in [2.05, 4.69) is 4.98 Å². The van der Waals surface area contributed by atoms with E-state index >= 15 is 0 Å². The lowest BCUT2D eigenvalue weighted by Crippen LogP contribution is -2.36. The molecule has 1 aliphatic carbocycles. The zero-order valence-electron chi connectivity index (χ0n) is 16.4. The number of nitrogens with zero attached hydrogens (tertiary/aromatic N) is 3. The van der Waals surface area contributed by atoms with Crippen LogP contribution < -0.4 is 11.1 Å². The minimum absolute atomic E-state index is 0.0735. The summed E-state index contributed by atoms with van der Waals surface area (Å²) in [5, 5.41) is 10.3. The molecule has 1 saturated heterocycles. The summed E-state index contributed by atoms with van der Waals surface area (Å²) in [6.07, 6.45) is 3.66. The molecule has 154 valence electrons. The molecule has 0 spiro atoms. The van der Waals surface area contributed by atoms with Gasteiger partial charge < -0.3 is 10.0 Å². The molecule has 0 bridgehead atoms. The normalized spacial score (nSPS) is 18.8. The number of hydrogen-bond acceptors (Lipinski definition) is 5. The van der Waals surface area contributed by atoms with Gasteiger partial charge in [-0.2, -0.15) is 0 Å². The molecule has 3 aromatic rings. The molecule has 2 aromatic heterocycles. The Balaban J connectivity index is 1.60. The number of likely N-dealkylation sites (tertiary alicyclic amines) is 1. The summed E-state index contributed by atoms with van der Waals surface area (Å²) in [6, 6.07) is 9.37. The molecule has 2 aliphatic rings. The molecule has 2 N–H and O–H groups in total. The molecule has 1 atom stereocenters. The van der Waals surface area contributed by atoms with Crippen LogP contribution in [0.4, 0.5) is 0 Å². The van der Waals surface area contributed by atoms with Crippen LogP contribution in [-0.2, 0) is 6.54 Å². The molecule has 1 aromatic carbocycles. The fraction of sp³-hybridized carbons (Fsp3) is 0.364. The van der Waals surface area contributed by atoms with Crippen LogP contribution >= 0.6 is 0 Å². The van der Waals surface area contributed by atoms with Gasteiger partial charge in [-0.1, -0.05) is 12.1 Å². The van der Waals surface area contributed by atoms with E-state index in [-0.39, 0.29) is 29.0 Å². The molecule has 1 unspecified atom stereocenters. The van der Waals surface area contributed by atoms with Crippen molar-refractivity contribution in [3.05, 3.63) is 68.5 Å². The van der Waals surface area contributed by atoms with Gasteiger partial charge in [0, 0.05) is 25.2 Å². The summed E-state index contributed by atoms with van der Waals surface area (Å²) in [4.78, 5) is 46.8. The number of hydrogen-bond donors (Lipinski definition) is 2. The Morgan fingerprint density at radius 2 is 1.97 bits per heavy atom. The van der Waals surface area contributed by atoms with Crippen molar-refractivity contribution in [1.29, 1.82) is 0 Å². The van der Waals surface area contributed by atoms with Crippen molar-refractivity contribution < 1.29 is 9.90 Å². The fourth-order valence-corrected chi connectivity index (χ4v) is 4.27. The van der Waals surface area contributed by atoms with Crippen molar-refractivity contribution in [2.45, 2.75) is 38.3 Å². The molecule has 1 aliphatic heterocycles. The number of H-pyrrole nitrogens is 1. The highest BCUT2D eigenvalue weighted by atomic mass is 16.3. The van der Waals surface area contributed by atoms with Crippen LogP contribution in [0.25, 0.3) is 10.9 Å². The van der Waals surface area contributed by atoms with Crippen molar-refractivity contribution in [2.75, 3.05) is 6.54 Å². The number of carbonyl (C=O) groups excluding carboxylic acids is 1. The van der Waals surface area contributed by atoms with E-state index in [4.69, 9.17) is 4.98 Å². The maximum Gasteiger partial charge on any atom is 0.261 e. The van der Waals surface area contributed by atoms with E-state index < -0.39 is 5.56 Å². The van der Waals surface area contributed by atoms with Gasteiger partial charge >= 0.3 is 0 Å². The lowest BCUT2D eigenvalue weighted by molar-refractivity contribution is 0.0725. The molecule has 5 rings (SSSR count). The fourth-order valence-electron chi connectivity index (χ4n) is 4.27. The van der Waals surface area contributed by atoms with Gasteiger partial charge in [0.05, 0.1) is 22.5 Å². The van der Waals surface area contributed by atoms with E-state index in [0.29, 0.717) is 42.2 Å². The molecule has 8 heteroatoms. The number of fused-ring (bicyclic) bond motifs is 1. The van der Waals surface area contributed by atoms with Crippen LogP contribution in [0.3, 0.4) is 0 Å². The zero-order chi connectivity index (χ0) is 20.8. The number of aromatic nitrogens is 3. The molecule has 8 nitrogen and oxygen atoms in total. The quantitative estimate of drug-likeness (QED) is 0.690. The van der Waals surface area contributed by atoms with Gasteiger partial charge in [-0.3, -0.25) is 23.9 Å². The van der Waals surface area contributed by atoms with Crippen molar-refractivity contribution in [1.82, 2.24) is 19.4 Å². The number of carbonyl (C=O) groups is 1. The highest BCUT2D eigenvalue weighted by Gasteiger charge is 2.35. The van der Waals surface area contributed by atoms with Gasteiger partial charge in [-0.05, 0) is 43.7 Å². The summed E-state index contributed by atoms with van der Waals surface area (Å²) in [5.41, 5.74) is 0.136. The smallest absolute Gasteiger partial charge is 0.261 e. The number of benzene rings is 1. The van der Waals surface area contributed by atoms with E-state index in [1.807, 2.05) is 18.2 Å². The third-order valence-corrected chi connectivity index (χ3v) is 5.92. The zero-order valence-corrected chi connectivity index (χ0v) is 16.4. The largest absolute Gasteiger partial charge is 0.494 e. The minimum Gasteiger partial charge on any atom is -0.494 e. The highest BCUT2D eigenvalue weighted by molar-refractivity contribution is 5.94. The number of aromatic amines is 1. The maximum atomic E-state index is 13.2. The summed E-state index contributed by atoms with van der Waals surface area (Å²) in [7, 11) is 0. The van der Waals surface area contributed by atoms with Crippen molar-refractivity contribution in [2.24, 2.45) is 5.92 Å². The van der Waals surface area contributed by atoms with Gasteiger partial charge in [0.25, 0.3) is 17.0 Å². The SMILES string of the molecule is O=C(c1cc(O)[nH]c(=O)c1)N1CCCC1c1nc2ccccc2c(=O)n1CC1CC1. The third kappa shape index (κ3) is 3.28. The predicted molar refractivity (Wildman–Crippen MR) is 110 cm³/mol. The van der Waals surface area contributed by atoms with Gasteiger partial charge in [-0.15, -0.1) is 0 Å². The molecular weight excluding hydrogens is 384 g/mol. The molecule has 1 amide bonds. The van der Waals surface area contributed by atoms with Crippen molar-refractivity contribution >= 4 is 16.8 Å². The minimum atomic E-state index is -0.538. The first kappa shape index (κ1) is 18.6. The Morgan fingerprint density at radius 1 is 1.17 bits per heavy atom. The number of pyridine rings is 1. The van der Waals surface area contributed by atoms with E-state index in [9.17, 15) is 19.5 Å². The first-order chi connectivity index (χ1) is 14.5. The predicted octanol–water partition coefficient (Wildman–Crippen LogP) is 2.18. The van der Waals surface area contributed by atoms with Crippen LogP contribution in [0.15, 0.2) is 46.0 Å². The first-order valence-corrected chi connectivity index (χ1v) is 10.2. The standard InChI is InChI=1S/C22H22N4O4/c27-18-10-14(11-19(28)24-18)21(29)25-9-3-6-17(25)20-23-16-5-2-1-4-15(16)22(30)26(20)12-13-7-8-13/h1-2,4-5,10-11,13,17H,3,6-9,12H2,(H2,24,27,28). The summed E-state index contributed by atoms with van der Waals surface area (Å²) < 4.78 is 1.74. The second-order valence-electron chi connectivity index (χ2n) is 8.12. The average molecular weight is 406 g/mol. The topological polar surface area (TPSA) is 108 Å². The number of para-hydroxylation sites is 1. The number of rotatable bonds is 4. The molecule has 3 heterocycles. The lowest BCUT2D eigenvalue weighted by atomic mass is 10.1. The van der Waals surface area contributed by atoms with Gasteiger partial charge in [0.15, 0.2) is 5.88 Å². The number of nitrogens with one attached hydrogen (secondary N) is 1. The average Bonchev–Trinajstić information content (AvgIpc) is 3.41. The Hall–Kier alpha value is -3.42. The number of aromatic hydroxyl groups is 1. The van der Waals surface area contributed by atoms with Crippen LogP contribution in [0.5, 0.6) is 5.88 Å². The van der Waals surface area contributed by atoms with Gasteiger partial charge in [-0.25, -0.2) is 4.98 Å². The van der Waals surface area contributed by atoms with E-state index in [1.165, 1.54) is 12.1 Å². The number of amides is 1. The third-order valence-electron chi connectivity index (χ3n) is 5.92. The monoisotopic (exact) mass is 406 g/mol. The Bertz CT molecular complexity index is 1260. The maximum absolute atomic E-state index is 13.2.